The Morgan fingerprint density at radius 3 is 2.21 bits per heavy atom. The van der Waals surface area contributed by atoms with Crippen LogP contribution in [0.25, 0.3) is 0 Å². The maximum atomic E-state index is 13.8. The van der Waals surface area contributed by atoms with Crippen molar-refractivity contribution in [2.45, 2.75) is 103 Å². The summed E-state index contributed by atoms with van der Waals surface area (Å²) < 4.78 is 0. The van der Waals surface area contributed by atoms with Crippen molar-refractivity contribution in [1.29, 1.82) is 0 Å². The topological polar surface area (TPSA) is 262 Å². The molecule has 3 rings (SSSR count). The van der Waals surface area contributed by atoms with E-state index in [1.54, 1.807) is 26.0 Å². The lowest BCUT2D eigenvalue weighted by atomic mass is 10.0. The third-order valence-corrected chi connectivity index (χ3v) is 9.06. The quantitative estimate of drug-likeness (QED) is 0.148. The van der Waals surface area contributed by atoms with Crippen molar-refractivity contribution >= 4 is 47.6 Å². The molecule has 7 amide bonds. The molecule has 1 aromatic rings. The number of carbonyl (C=O) groups excluding carboxylic acids is 7. The van der Waals surface area contributed by atoms with Crippen molar-refractivity contribution in [3.63, 3.8) is 0 Å². The lowest BCUT2D eigenvalue weighted by molar-refractivity contribution is -0.143. The second-order valence-corrected chi connectivity index (χ2v) is 14.6. The maximum Gasteiger partial charge on any atom is 0.248 e. The first-order valence-corrected chi connectivity index (χ1v) is 18.0. The molecule has 0 aromatic heterocycles. The molecule has 0 bridgehead atoms. The summed E-state index contributed by atoms with van der Waals surface area (Å²) in [5, 5.41) is 33.1. The van der Waals surface area contributed by atoms with Crippen LogP contribution >= 0.6 is 0 Å². The molecule has 17 nitrogen and oxygen atoms in total. The number of aromatic hydroxyl groups is 1. The highest BCUT2D eigenvalue weighted by Crippen LogP contribution is 2.24. The van der Waals surface area contributed by atoms with E-state index in [0.717, 1.165) is 0 Å². The number of nitrogens with zero attached hydrogens (tertiary/aromatic N) is 2. The Hall–Kier alpha value is -5.06. The monoisotopic (exact) mass is 742 g/mol. The molecule has 2 aliphatic rings. The zero-order chi connectivity index (χ0) is 39.4. The second-order valence-electron chi connectivity index (χ2n) is 14.6. The highest BCUT2D eigenvalue weighted by molar-refractivity contribution is 5.97. The summed E-state index contributed by atoms with van der Waals surface area (Å²) in [6.07, 6.45) is 1.78. The highest BCUT2D eigenvalue weighted by Gasteiger charge is 2.42. The van der Waals surface area contributed by atoms with Crippen LogP contribution in [0.1, 0.15) is 65.9 Å². The van der Waals surface area contributed by atoms with E-state index in [1.165, 1.54) is 23.2 Å². The zero-order valence-corrected chi connectivity index (χ0v) is 31.0. The van der Waals surface area contributed by atoms with Crippen molar-refractivity contribution in [3.05, 3.63) is 29.8 Å². The summed E-state index contributed by atoms with van der Waals surface area (Å²) in [6.45, 7) is 7.88. The Balaban J connectivity index is 2.05. The van der Waals surface area contributed by atoms with Crippen LogP contribution in [-0.2, 0) is 40.0 Å². The lowest BCUT2D eigenvalue weighted by Gasteiger charge is -2.30. The van der Waals surface area contributed by atoms with Crippen LogP contribution in [-0.4, -0.2) is 119 Å². The van der Waals surface area contributed by atoms with Gasteiger partial charge >= 0.3 is 0 Å². The van der Waals surface area contributed by atoms with Gasteiger partial charge < -0.3 is 47.4 Å². The van der Waals surface area contributed by atoms with Crippen molar-refractivity contribution in [2.75, 3.05) is 19.7 Å². The molecule has 0 saturated carbocycles. The molecule has 0 spiro atoms. The smallest absolute Gasteiger partial charge is 0.248 e. The van der Waals surface area contributed by atoms with Gasteiger partial charge in [-0.2, -0.15) is 0 Å². The molecular formula is C36H54N8O9. The van der Waals surface area contributed by atoms with E-state index in [1.807, 2.05) is 20.8 Å². The van der Waals surface area contributed by atoms with E-state index in [0.29, 0.717) is 18.4 Å². The number of rotatable bonds is 9. The predicted octanol–water partition coefficient (Wildman–Crippen LogP) is -1.36. The number of aliphatic hydroxyl groups excluding tert-OH is 1. The van der Waals surface area contributed by atoms with E-state index in [-0.39, 0.29) is 43.4 Å². The SMILES string of the molecule is CC(C)CC1C=NC(Cc2ccc(O)cc2)C(=O)NCC(=O)NC(CCC(N)=O)C(=O)NC(C(C)C)C(=O)NC(CO)C(=O)N2CC(C)CC2C(=O)N1. The number of amides is 7. The van der Waals surface area contributed by atoms with Crippen molar-refractivity contribution in [3.8, 4) is 5.75 Å². The molecule has 0 radical (unpaired) electrons. The van der Waals surface area contributed by atoms with Crippen molar-refractivity contribution in [1.82, 2.24) is 31.5 Å². The first-order valence-electron chi connectivity index (χ1n) is 18.0. The predicted molar refractivity (Wildman–Crippen MR) is 194 cm³/mol. The van der Waals surface area contributed by atoms with E-state index in [4.69, 9.17) is 5.73 Å². The summed E-state index contributed by atoms with van der Waals surface area (Å²) in [7, 11) is 0. The molecule has 2 aliphatic heterocycles. The number of nitrogens with one attached hydrogen (secondary N) is 5. The molecule has 2 heterocycles. The van der Waals surface area contributed by atoms with Crippen LogP contribution in [0.15, 0.2) is 29.3 Å². The Kier molecular flexibility index (Phi) is 15.7. The number of phenolic OH excluding ortho intramolecular Hbond substituents is 1. The largest absolute Gasteiger partial charge is 0.508 e. The number of primary amides is 1. The summed E-state index contributed by atoms with van der Waals surface area (Å²) in [5.41, 5.74) is 5.96. The molecule has 7 atom stereocenters. The molecule has 0 aliphatic carbocycles. The fraction of sp³-hybridized carbons (Fsp3) is 0.611. The number of hydrogen-bond acceptors (Lipinski definition) is 10. The molecule has 53 heavy (non-hydrogen) atoms. The van der Waals surface area contributed by atoms with Crippen LogP contribution in [0.4, 0.5) is 0 Å². The molecule has 292 valence electrons. The fourth-order valence-corrected chi connectivity index (χ4v) is 6.28. The number of hydrogen-bond donors (Lipinski definition) is 8. The van der Waals surface area contributed by atoms with E-state index in [2.05, 4.69) is 31.6 Å². The number of nitrogens with two attached hydrogens (primary N) is 1. The zero-order valence-electron chi connectivity index (χ0n) is 31.0. The van der Waals surface area contributed by atoms with Gasteiger partial charge in [-0.25, -0.2) is 0 Å². The van der Waals surface area contributed by atoms with Gasteiger partial charge in [0.2, 0.25) is 41.4 Å². The lowest BCUT2D eigenvalue weighted by Crippen LogP contribution is -2.60. The average molecular weight is 743 g/mol. The van der Waals surface area contributed by atoms with Gasteiger partial charge in [0.25, 0.3) is 0 Å². The van der Waals surface area contributed by atoms with Crippen molar-refractivity contribution < 1.29 is 43.8 Å². The van der Waals surface area contributed by atoms with Crippen molar-refractivity contribution in [2.24, 2.45) is 28.5 Å². The normalized spacial score (nSPS) is 26.9. The van der Waals surface area contributed by atoms with Crippen LogP contribution in [0.3, 0.4) is 0 Å². The van der Waals surface area contributed by atoms with Gasteiger partial charge in [-0.1, -0.05) is 46.8 Å². The van der Waals surface area contributed by atoms with Gasteiger partial charge in [-0.05, 0) is 54.7 Å². The molecule has 1 aromatic carbocycles. The molecule has 7 unspecified atom stereocenters. The van der Waals surface area contributed by atoms with Crippen LogP contribution < -0.4 is 32.3 Å². The van der Waals surface area contributed by atoms with Crippen LogP contribution in [0, 0.1) is 17.8 Å². The number of benzene rings is 1. The molecule has 17 heteroatoms. The second kappa shape index (κ2) is 19.7. The van der Waals surface area contributed by atoms with E-state index >= 15 is 0 Å². The first-order chi connectivity index (χ1) is 25.0. The first kappa shape index (κ1) is 42.4. The number of fused-ring (bicyclic) bond motifs is 1. The molecule has 1 fully saturated rings. The minimum atomic E-state index is -1.44. The molecular weight excluding hydrogens is 688 g/mol. The number of aliphatic imine (C=N–C) groups is 1. The number of carbonyl (C=O) groups is 7. The van der Waals surface area contributed by atoms with Crippen LogP contribution in [0.2, 0.25) is 0 Å². The highest BCUT2D eigenvalue weighted by atomic mass is 16.3. The Labute approximate surface area is 309 Å². The third kappa shape index (κ3) is 12.8. The minimum absolute atomic E-state index is 0.0267. The van der Waals surface area contributed by atoms with Gasteiger partial charge in [0.1, 0.15) is 36.0 Å². The van der Waals surface area contributed by atoms with Gasteiger partial charge in [-0.3, -0.25) is 38.6 Å². The molecule has 1 saturated heterocycles. The standard InChI is InChI=1S/C36H54N8O9/c1-19(2)12-23-15-38-26(14-22-6-8-24(46)9-7-22)32(49)39-16-30(48)41-25(10-11-29(37)47)33(50)43-31(20(3)4)35(52)42-27(18-45)36(53)44-17-21(5)13-28(44)34(51)40-23/h6-9,15,19-21,23,25-28,31,45-46H,10-14,16-18H2,1-5H3,(H2,37,47)(H,39,49)(H,40,51)(H,41,48)(H,42,52)(H,43,50). The Morgan fingerprint density at radius 2 is 1.60 bits per heavy atom. The van der Waals surface area contributed by atoms with Gasteiger partial charge in [-0.15, -0.1) is 0 Å². The maximum absolute atomic E-state index is 13.8. The van der Waals surface area contributed by atoms with E-state index < -0.39 is 96.7 Å². The minimum Gasteiger partial charge on any atom is -0.508 e. The third-order valence-electron chi connectivity index (χ3n) is 9.06. The number of aliphatic hydroxyl groups is 1. The summed E-state index contributed by atoms with van der Waals surface area (Å²) in [6, 6.07) is -0.525. The summed E-state index contributed by atoms with van der Waals surface area (Å²) >= 11 is 0. The van der Waals surface area contributed by atoms with Crippen LogP contribution in [0.5, 0.6) is 5.75 Å². The van der Waals surface area contributed by atoms with Gasteiger partial charge in [0.05, 0.1) is 19.2 Å². The molecule has 9 N–H and O–H groups in total. The Morgan fingerprint density at radius 1 is 0.925 bits per heavy atom. The fourth-order valence-electron chi connectivity index (χ4n) is 6.28. The Bertz CT molecular complexity index is 1520. The number of phenols is 1. The van der Waals surface area contributed by atoms with E-state index in [9.17, 15) is 43.8 Å². The average Bonchev–Trinajstić information content (AvgIpc) is 3.49. The summed E-state index contributed by atoms with van der Waals surface area (Å²) in [4.78, 5) is 98.8. The van der Waals surface area contributed by atoms with Gasteiger partial charge in [0, 0.05) is 25.6 Å². The van der Waals surface area contributed by atoms with Gasteiger partial charge in [0.15, 0.2) is 0 Å². The summed E-state index contributed by atoms with van der Waals surface area (Å²) in [5.74, 6) is -5.44.